The van der Waals surface area contributed by atoms with Gasteiger partial charge in [0, 0.05) is 36.1 Å². The number of carbonyl (C=O) groups excluding carboxylic acids is 2. The third kappa shape index (κ3) is 4.16. The van der Waals surface area contributed by atoms with E-state index in [4.69, 9.17) is 0 Å². The van der Waals surface area contributed by atoms with E-state index in [1.165, 1.54) is 0 Å². The lowest BCUT2D eigenvalue weighted by molar-refractivity contribution is -0.117. The van der Waals surface area contributed by atoms with Crippen molar-refractivity contribution in [1.82, 2.24) is 4.98 Å². The number of hydrogen-bond donors (Lipinski definition) is 2. The van der Waals surface area contributed by atoms with Crippen molar-refractivity contribution in [3.63, 3.8) is 0 Å². The Balaban J connectivity index is 1.60. The number of rotatable bonds is 4. The van der Waals surface area contributed by atoms with Crippen LogP contribution < -0.4 is 10.6 Å². The number of aromatic nitrogens is 1. The molecule has 2 amide bonds. The van der Waals surface area contributed by atoms with Crippen molar-refractivity contribution in [1.29, 1.82) is 0 Å². The summed E-state index contributed by atoms with van der Waals surface area (Å²) < 4.78 is 0. The van der Waals surface area contributed by atoms with Crippen molar-refractivity contribution >= 4 is 23.2 Å². The molecule has 0 atom stereocenters. The van der Waals surface area contributed by atoms with Crippen LogP contribution in [0.2, 0.25) is 0 Å². The Kier molecular flexibility index (Phi) is 4.66. The van der Waals surface area contributed by atoms with E-state index in [-0.39, 0.29) is 11.8 Å². The molecule has 0 fully saturated rings. The first-order chi connectivity index (χ1) is 11.2. The average molecular weight is 309 g/mol. The van der Waals surface area contributed by atoms with Gasteiger partial charge in [0.2, 0.25) is 11.8 Å². The zero-order valence-corrected chi connectivity index (χ0v) is 12.8. The van der Waals surface area contributed by atoms with Crippen LogP contribution in [0, 0.1) is 0 Å². The zero-order chi connectivity index (χ0) is 16.1. The third-order valence-corrected chi connectivity index (χ3v) is 3.85. The fraction of sp³-hybridized carbons (Fsp3) is 0.278. The Hall–Kier alpha value is -2.69. The highest BCUT2D eigenvalue weighted by atomic mass is 16.2. The van der Waals surface area contributed by atoms with Gasteiger partial charge in [-0.3, -0.25) is 14.6 Å². The molecule has 2 N–H and O–H groups in total. The number of amides is 2. The number of carbonyl (C=O) groups is 2. The van der Waals surface area contributed by atoms with E-state index < -0.39 is 0 Å². The molecule has 1 aliphatic rings. The maximum atomic E-state index is 12.1. The molecule has 0 saturated carbocycles. The number of hydrogen-bond acceptors (Lipinski definition) is 3. The van der Waals surface area contributed by atoms with Gasteiger partial charge in [0.1, 0.15) is 0 Å². The van der Waals surface area contributed by atoms with Gasteiger partial charge in [-0.05, 0) is 55.2 Å². The Morgan fingerprint density at radius 2 is 2.13 bits per heavy atom. The lowest BCUT2D eigenvalue weighted by Crippen LogP contribution is -2.13. The summed E-state index contributed by atoms with van der Waals surface area (Å²) in [5, 5.41) is 5.80. The molecule has 3 rings (SSSR count). The molecule has 0 bridgehead atoms. The number of benzene rings is 1. The van der Waals surface area contributed by atoms with Gasteiger partial charge >= 0.3 is 0 Å². The van der Waals surface area contributed by atoms with Crippen LogP contribution in [0.25, 0.3) is 0 Å². The Morgan fingerprint density at radius 3 is 2.96 bits per heavy atom. The maximum absolute atomic E-state index is 12.1. The van der Waals surface area contributed by atoms with Crippen molar-refractivity contribution in [3.05, 3.63) is 53.9 Å². The summed E-state index contributed by atoms with van der Waals surface area (Å²) in [6.07, 6.45) is 4.95. The SMILES string of the molecule is O=C(CCc1ccccn1)Nc1ccc2c(c1)CCCC(=O)N2. The first-order valence-electron chi connectivity index (χ1n) is 7.83. The molecule has 0 unspecified atom stereocenters. The van der Waals surface area contributed by atoms with Crippen molar-refractivity contribution < 1.29 is 9.59 Å². The molecular formula is C18H19N3O2. The second kappa shape index (κ2) is 7.05. The second-order valence-corrected chi connectivity index (χ2v) is 5.64. The van der Waals surface area contributed by atoms with E-state index in [1.54, 1.807) is 6.20 Å². The number of nitrogens with one attached hydrogen (secondary N) is 2. The normalized spacial score (nSPS) is 13.7. The lowest BCUT2D eigenvalue weighted by Gasteiger charge is -2.10. The molecule has 5 heteroatoms. The van der Waals surface area contributed by atoms with E-state index >= 15 is 0 Å². The van der Waals surface area contributed by atoms with Gasteiger partial charge in [0.25, 0.3) is 0 Å². The molecule has 1 aromatic carbocycles. The molecule has 5 nitrogen and oxygen atoms in total. The van der Waals surface area contributed by atoms with Gasteiger partial charge < -0.3 is 10.6 Å². The van der Waals surface area contributed by atoms with Crippen LogP contribution in [0.4, 0.5) is 11.4 Å². The molecule has 2 heterocycles. The smallest absolute Gasteiger partial charge is 0.224 e. The molecule has 1 aliphatic heterocycles. The van der Waals surface area contributed by atoms with Gasteiger partial charge in [-0.1, -0.05) is 6.07 Å². The molecule has 0 saturated heterocycles. The predicted molar refractivity (Wildman–Crippen MR) is 89.2 cm³/mol. The summed E-state index contributed by atoms with van der Waals surface area (Å²) in [4.78, 5) is 27.8. The van der Waals surface area contributed by atoms with E-state index in [0.29, 0.717) is 19.3 Å². The summed E-state index contributed by atoms with van der Waals surface area (Å²) in [6, 6.07) is 11.3. The van der Waals surface area contributed by atoms with Gasteiger partial charge in [0.05, 0.1) is 0 Å². The molecule has 118 valence electrons. The molecule has 2 aromatic rings. The zero-order valence-electron chi connectivity index (χ0n) is 12.8. The summed E-state index contributed by atoms with van der Waals surface area (Å²) in [7, 11) is 0. The van der Waals surface area contributed by atoms with Crippen LogP contribution in [0.1, 0.15) is 30.5 Å². The highest BCUT2D eigenvalue weighted by Gasteiger charge is 2.13. The van der Waals surface area contributed by atoms with E-state index in [1.807, 2.05) is 36.4 Å². The van der Waals surface area contributed by atoms with E-state index in [9.17, 15) is 9.59 Å². The van der Waals surface area contributed by atoms with Crippen LogP contribution in [0.5, 0.6) is 0 Å². The van der Waals surface area contributed by atoms with Crippen LogP contribution >= 0.6 is 0 Å². The number of nitrogens with zero attached hydrogens (tertiary/aromatic N) is 1. The minimum absolute atomic E-state index is 0.0340. The third-order valence-electron chi connectivity index (χ3n) is 3.85. The molecule has 23 heavy (non-hydrogen) atoms. The monoisotopic (exact) mass is 309 g/mol. The largest absolute Gasteiger partial charge is 0.326 e. The topological polar surface area (TPSA) is 71.1 Å². The summed E-state index contributed by atoms with van der Waals surface area (Å²) in [6.45, 7) is 0. The molecule has 0 aliphatic carbocycles. The molecule has 0 spiro atoms. The maximum Gasteiger partial charge on any atom is 0.224 e. The standard InChI is InChI=1S/C18H19N3O2/c22-17-6-3-4-13-12-15(7-9-16(13)21-17)20-18(23)10-8-14-5-1-2-11-19-14/h1-2,5,7,9,11-12H,3-4,6,8,10H2,(H,20,23)(H,21,22). The first kappa shape index (κ1) is 15.2. The van der Waals surface area contributed by atoms with Crippen LogP contribution in [0.15, 0.2) is 42.6 Å². The molecule has 0 radical (unpaired) electrons. The summed E-state index contributed by atoms with van der Waals surface area (Å²) in [5.74, 6) is 0.0177. The van der Waals surface area contributed by atoms with Gasteiger partial charge in [-0.2, -0.15) is 0 Å². The van der Waals surface area contributed by atoms with E-state index in [0.717, 1.165) is 35.5 Å². The van der Waals surface area contributed by atoms with Crippen molar-refractivity contribution in [2.45, 2.75) is 32.1 Å². The average Bonchev–Trinajstić information content (AvgIpc) is 2.74. The minimum atomic E-state index is -0.0340. The van der Waals surface area contributed by atoms with Gasteiger partial charge in [-0.15, -0.1) is 0 Å². The Labute approximate surface area is 135 Å². The predicted octanol–water partition coefficient (Wildman–Crippen LogP) is 2.93. The second-order valence-electron chi connectivity index (χ2n) is 5.64. The fourth-order valence-corrected chi connectivity index (χ4v) is 2.66. The molecule has 1 aromatic heterocycles. The van der Waals surface area contributed by atoms with Crippen molar-refractivity contribution in [3.8, 4) is 0 Å². The minimum Gasteiger partial charge on any atom is -0.326 e. The van der Waals surface area contributed by atoms with Crippen LogP contribution in [-0.2, 0) is 22.4 Å². The van der Waals surface area contributed by atoms with Crippen molar-refractivity contribution in [2.24, 2.45) is 0 Å². The summed E-state index contributed by atoms with van der Waals surface area (Å²) in [5.41, 5.74) is 3.59. The number of fused-ring (bicyclic) bond motifs is 1. The van der Waals surface area contributed by atoms with Gasteiger partial charge in [-0.25, -0.2) is 0 Å². The first-order valence-corrected chi connectivity index (χ1v) is 7.83. The number of pyridine rings is 1. The Bertz CT molecular complexity index is 713. The quantitative estimate of drug-likeness (QED) is 0.912. The van der Waals surface area contributed by atoms with Gasteiger partial charge in [0.15, 0.2) is 0 Å². The highest BCUT2D eigenvalue weighted by Crippen LogP contribution is 2.25. The lowest BCUT2D eigenvalue weighted by atomic mass is 10.1. The molecular weight excluding hydrogens is 290 g/mol. The van der Waals surface area contributed by atoms with Crippen LogP contribution in [0.3, 0.4) is 0 Å². The number of aryl methyl sites for hydroxylation is 2. The van der Waals surface area contributed by atoms with E-state index in [2.05, 4.69) is 15.6 Å². The van der Waals surface area contributed by atoms with Crippen LogP contribution in [-0.4, -0.2) is 16.8 Å². The van der Waals surface area contributed by atoms with Crippen molar-refractivity contribution in [2.75, 3.05) is 10.6 Å². The number of anilines is 2. The Morgan fingerprint density at radius 1 is 1.22 bits per heavy atom. The highest BCUT2D eigenvalue weighted by molar-refractivity contribution is 5.94. The summed E-state index contributed by atoms with van der Waals surface area (Å²) >= 11 is 0. The fourth-order valence-electron chi connectivity index (χ4n) is 2.66.